The molecule has 9 nitrogen and oxygen atoms in total. The summed E-state index contributed by atoms with van der Waals surface area (Å²) in [7, 11) is 0. The molecule has 0 bridgehead atoms. The number of rotatable bonds is 8. The summed E-state index contributed by atoms with van der Waals surface area (Å²) in [6.45, 7) is 8.05. The van der Waals surface area contributed by atoms with E-state index in [2.05, 4.69) is 20.8 Å². The lowest BCUT2D eigenvalue weighted by Crippen LogP contribution is -2.39. The second-order valence-electron chi connectivity index (χ2n) is 8.96. The highest BCUT2D eigenvalue weighted by Crippen LogP contribution is 2.22. The molecule has 4 rings (SSSR count). The molecule has 190 valence electrons. The maximum Gasteiger partial charge on any atom is 0.290 e. The van der Waals surface area contributed by atoms with Crippen molar-refractivity contribution in [3.05, 3.63) is 83.2 Å². The number of nitrogens with two attached hydrogens (primary N) is 1. The zero-order valence-electron chi connectivity index (χ0n) is 21.3. The van der Waals surface area contributed by atoms with Crippen LogP contribution >= 0.6 is 11.8 Å². The zero-order chi connectivity index (χ0) is 26.5. The molecule has 0 atom stereocenters. The average Bonchev–Trinajstić information content (AvgIpc) is 3.23. The van der Waals surface area contributed by atoms with Gasteiger partial charge in [0.2, 0.25) is 17.6 Å². The third-order valence-corrected chi connectivity index (χ3v) is 6.75. The lowest BCUT2D eigenvalue weighted by atomic mass is 10.1. The van der Waals surface area contributed by atoms with E-state index in [0.29, 0.717) is 11.0 Å². The van der Waals surface area contributed by atoms with Gasteiger partial charge in [-0.1, -0.05) is 36.0 Å². The van der Waals surface area contributed by atoms with E-state index in [-0.39, 0.29) is 24.1 Å². The Bertz CT molecular complexity index is 1450. The van der Waals surface area contributed by atoms with Gasteiger partial charge in [-0.25, -0.2) is 4.68 Å². The Kier molecular flexibility index (Phi) is 7.88. The van der Waals surface area contributed by atoms with Gasteiger partial charge in [0.15, 0.2) is 18.2 Å². The third-order valence-electron chi connectivity index (χ3n) is 5.81. The van der Waals surface area contributed by atoms with Crippen LogP contribution in [0.15, 0.2) is 66.1 Å². The highest BCUT2D eigenvalue weighted by molar-refractivity contribution is 7.99. The van der Waals surface area contributed by atoms with Crippen molar-refractivity contribution in [2.75, 3.05) is 22.2 Å². The molecular weight excluding hydrogens is 486 g/mol. The second-order valence-corrected chi connectivity index (χ2v) is 9.90. The van der Waals surface area contributed by atoms with Gasteiger partial charge in [-0.05, 0) is 62.1 Å². The number of nitrogens with one attached hydrogen (secondary N) is 2. The van der Waals surface area contributed by atoms with E-state index >= 15 is 0 Å². The monoisotopic (exact) mass is 516 g/mol. The second kappa shape index (κ2) is 11.3. The molecule has 2 amide bonds. The number of carbonyl (C=O) groups is 2. The van der Waals surface area contributed by atoms with Crippen molar-refractivity contribution in [3.8, 4) is 11.4 Å². The minimum Gasteiger partial charge on any atom is -0.335 e. The quantitative estimate of drug-likeness (QED) is 0.187. The van der Waals surface area contributed by atoms with Gasteiger partial charge in [0, 0.05) is 29.1 Å². The molecule has 0 aliphatic rings. The topological polar surface area (TPSA) is 119 Å². The Hall–Kier alpha value is -4.18. The van der Waals surface area contributed by atoms with Crippen LogP contribution in [0.1, 0.15) is 22.3 Å². The molecule has 0 saturated heterocycles. The van der Waals surface area contributed by atoms with Crippen LogP contribution in [-0.2, 0) is 16.1 Å². The SMILES string of the molecule is Cc1ccc(C)c(NC(=O)CSc2nnc(-c3cc[n+](CC(=O)Nc4cc(C)ccc4C)cc3)n2N)c1. The van der Waals surface area contributed by atoms with Gasteiger partial charge in [0.25, 0.3) is 5.91 Å². The summed E-state index contributed by atoms with van der Waals surface area (Å²) in [5.74, 6) is 6.56. The molecule has 2 aromatic carbocycles. The van der Waals surface area contributed by atoms with Crippen LogP contribution < -0.4 is 21.0 Å². The fraction of sp³-hybridized carbons (Fsp3) is 0.222. The molecular formula is C27H30N7O2S+. The van der Waals surface area contributed by atoms with E-state index in [4.69, 9.17) is 5.84 Å². The number of anilines is 2. The predicted octanol–water partition coefficient (Wildman–Crippen LogP) is 3.55. The maximum absolute atomic E-state index is 12.5. The van der Waals surface area contributed by atoms with Crippen LogP contribution in [-0.4, -0.2) is 32.4 Å². The molecule has 0 fully saturated rings. The van der Waals surface area contributed by atoms with E-state index in [1.54, 1.807) is 17.0 Å². The summed E-state index contributed by atoms with van der Waals surface area (Å²) in [4.78, 5) is 25.0. The van der Waals surface area contributed by atoms with Crippen LogP contribution in [0.5, 0.6) is 0 Å². The lowest BCUT2D eigenvalue weighted by Gasteiger charge is -2.09. The number of hydrogen-bond acceptors (Lipinski definition) is 6. The first-order chi connectivity index (χ1) is 17.7. The van der Waals surface area contributed by atoms with Gasteiger partial charge in [-0.3, -0.25) is 9.59 Å². The first kappa shape index (κ1) is 25.9. The highest BCUT2D eigenvalue weighted by atomic mass is 32.2. The van der Waals surface area contributed by atoms with Crippen LogP contribution in [0.25, 0.3) is 11.4 Å². The Labute approximate surface area is 220 Å². The molecule has 0 radical (unpaired) electrons. The molecule has 10 heteroatoms. The highest BCUT2D eigenvalue weighted by Gasteiger charge is 2.17. The maximum atomic E-state index is 12.5. The number of aryl methyl sites for hydroxylation is 4. The third kappa shape index (κ3) is 6.53. The van der Waals surface area contributed by atoms with Crippen LogP contribution in [0.4, 0.5) is 11.4 Å². The molecule has 2 heterocycles. The smallest absolute Gasteiger partial charge is 0.290 e. The van der Waals surface area contributed by atoms with Gasteiger partial charge in [-0.15, -0.1) is 10.2 Å². The van der Waals surface area contributed by atoms with Crippen LogP contribution in [0, 0.1) is 27.7 Å². The zero-order valence-corrected chi connectivity index (χ0v) is 22.1. The van der Waals surface area contributed by atoms with Gasteiger partial charge < -0.3 is 16.5 Å². The first-order valence-corrected chi connectivity index (χ1v) is 12.7. The van der Waals surface area contributed by atoms with E-state index < -0.39 is 0 Å². The van der Waals surface area contributed by atoms with Crippen molar-refractivity contribution in [1.82, 2.24) is 14.9 Å². The summed E-state index contributed by atoms with van der Waals surface area (Å²) in [5, 5.41) is 14.6. The minimum absolute atomic E-state index is 0.119. The van der Waals surface area contributed by atoms with Crippen molar-refractivity contribution >= 4 is 35.0 Å². The number of pyridine rings is 1. The van der Waals surface area contributed by atoms with E-state index in [1.165, 1.54) is 16.4 Å². The standard InChI is InChI=1S/C27H29N7O2S/c1-17-5-7-19(3)22(13-17)29-24(35)15-33-11-9-21(10-12-33)26-31-32-27(34(26)28)37-16-25(36)30-23-14-18(2)6-8-20(23)4/h5-14H,15-16H2,1-4H3,(H3-,28,29,30,31,35,36)/p+1. The summed E-state index contributed by atoms with van der Waals surface area (Å²) in [5.41, 5.74) is 6.52. The Morgan fingerprint density at radius 3 is 2.03 bits per heavy atom. The molecule has 4 N–H and O–H groups in total. The van der Waals surface area contributed by atoms with Crippen molar-refractivity contribution in [1.29, 1.82) is 0 Å². The van der Waals surface area contributed by atoms with Gasteiger partial charge in [-0.2, -0.15) is 4.57 Å². The number of amides is 2. The molecule has 0 aliphatic heterocycles. The first-order valence-electron chi connectivity index (χ1n) is 11.8. The van der Waals surface area contributed by atoms with E-state index in [0.717, 1.165) is 39.2 Å². The average molecular weight is 517 g/mol. The van der Waals surface area contributed by atoms with Crippen LogP contribution in [0.2, 0.25) is 0 Å². The Balaban J connectivity index is 1.35. The molecule has 0 aliphatic carbocycles. The number of nitrogen functional groups attached to an aromatic ring is 1. The molecule has 37 heavy (non-hydrogen) atoms. The number of carbonyl (C=O) groups excluding carboxylic acids is 2. The summed E-state index contributed by atoms with van der Waals surface area (Å²) >= 11 is 1.21. The van der Waals surface area contributed by atoms with Gasteiger partial charge in [0.1, 0.15) is 0 Å². The van der Waals surface area contributed by atoms with E-state index in [1.807, 2.05) is 76.2 Å². The fourth-order valence-corrected chi connectivity index (χ4v) is 4.35. The normalized spacial score (nSPS) is 10.8. The van der Waals surface area contributed by atoms with E-state index in [9.17, 15) is 9.59 Å². The number of aromatic nitrogens is 4. The lowest BCUT2D eigenvalue weighted by molar-refractivity contribution is -0.684. The summed E-state index contributed by atoms with van der Waals surface area (Å²) < 4.78 is 3.14. The molecule has 0 unspecified atom stereocenters. The Morgan fingerprint density at radius 1 is 0.865 bits per heavy atom. The molecule has 2 aromatic heterocycles. The van der Waals surface area contributed by atoms with Gasteiger partial charge >= 0.3 is 0 Å². The largest absolute Gasteiger partial charge is 0.335 e. The fourth-order valence-electron chi connectivity index (χ4n) is 3.70. The molecule has 4 aromatic rings. The van der Waals surface area contributed by atoms with Crippen molar-refractivity contribution < 1.29 is 14.2 Å². The summed E-state index contributed by atoms with van der Waals surface area (Å²) in [6.07, 6.45) is 3.58. The predicted molar refractivity (Wildman–Crippen MR) is 146 cm³/mol. The Morgan fingerprint density at radius 2 is 1.43 bits per heavy atom. The minimum atomic E-state index is -0.150. The number of hydrogen-bond donors (Lipinski definition) is 3. The van der Waals surface area contributed by atoms with Crippen molar-refractivity contribution in [3.63, 3.8) is 0 Å². The van der Waals surface area contributed by atoms with Crippen LogP contribution in [0.3, 0.4) is 0 Å². The number of benzene rings is 2. The van der Waals surface area contributed by atoms with Crippen molar-refractivity contribution in [2.45, 2.75) is 39.4 Å². The van der Waals surface area contributed by atoms with Gasteiger partial charge in [0.05, 0.1) is 5.75 Å². The molecule has 0 saturated carbocycles. The van der Waals surface area contributed by atoms with Crippen molar-refractivity contribution in [2.24, 2.45) is 0 Å². The summed E-state index contributed by atoms with van der Waals surface area (Å²) in [6, 6.07) is 15.5. The number of nitrogens with zero attached hydrogens (tertiary/aromatic N) is 4. The molecule has 0 spiro atoms. The number of thioether (sulfide) groups is 1.